The van der Waals surface area contributed by atoms with Crippen molar-refractivity contribution in [1.82, 2.24) is 0 Å². The van der Waals surface area contributed by atoms with Crippen LogP contribution >= 0.6 is 12.4 Å². The fourth-order valence-electron chi connectivity index (χ4n) is 1.45. The van der Waals surface area contributed by atoms with Crippen molar-refractivity contribution in [3.8, 4) is 0 Å². The van der Waals surface area contributed by atoms with Crippen LogP contribution in [0.1, 0.15) is 31.4 Å². The molecule has 0 aromatic heterocycles. The van der Waals surface area contributed by atoms with E-state index in [1.807, 2.05) is 6.92 Å². The van der Waals surface area contributed by atoms with Gasteiger partial charge < -0.3 is 5.73 Å². The van der Waals surface area contributed by atoms with Crippen LogP contribution in [0.4, 0.5) is 10.1 Å². The van der Waals surface area contributed by atoms with Crippen molar-refractivity contribution in [1.29, 1.82) is 0 Å². The van der Waals surface area contributed by atoms with E-state index in [-0.39, 0.29) is 18.1 Å². The molecule has 90 valence electrons. The summed E-state index contributed by atoms with van der Waals surface area (Å²) in [6.45, 7) is 1.94. The Balaban J connectivity index is 0.00000225. The van der Waals surface area contributed by atoms with Gasteiger partial charge in [-0.3, -0.25) is 10.1 Å². The average molecular weight is 249 g/mol. The fraction of sp³-hybridized carbons (Fsp3) is 0.400. The molecular weight excluding hydrogens is 235 g/mol. The van der Waals surface area contributed by atoms with E-state index in [1.165, 1.54) is 12.1 Å². The van der Waals surface area contributed by atoms with Crippen LogP contribution in [-0.2, 0) is 0 Å². The monoisotopic (exact) mass is 248 g/mol. The van der Waals surface area contributed by atoms with Gasteiger partial charge in [0.25, 0.3) is 5.69 Å². The van der Waals surface area contributed by atoms with Crippen LogP contribution in [0.5, 0.6) is 0 Å². The summed E-state index contributed by atoms with van der Waals surface area (Å²) < 4.78 is 12.8. The standard InChI is InChI=1S/C10H13FN2O2.ClH/c1-2-3-9(12)8-5-4-7(11)6-10(8)13(14)15;/h4-6,9H,2-3,12H2,1H3;1H/t9-;/m1./s1. The van der Waals surface area contributed by atoms with E-state index in [4.69, 9.17) is 5.73 Å². The number of nitro groups is 1. The zero-order chi connectivity index (χ0) is 11.4. The van der Waals surface area contributed by atoms with Gasteiger partial charge in [0.05, 0.1) is 11.0 Å². The second-order valence-corrected chi connectivity index (χ2v) is 3.36. The molecule has 0 spiro atoms. The number of benzene rings is 1. The van der Waals surface area contributed by atoms with E-state index in [0.717, 1.165) is 12.5 Å². The maximum Gasteiger partial charge on any atom is 0.277 e. The lowest BCUT2D eigenvalue weighted by molar-refractivity contribution is -0.385. The summed E-state index contributed by atoms with van der Waals surface area (Å²) in [5.41, 5.74) is 5.92. The highest BCUT2D eigenvalue weighted by Crippen LogP contribution is 2.26. The predicted octanol–water partition coefficient (Wildman–Crippen LogP) is 2.96. The first-order valence-electron chi connectivity index (χ1n) is 4.75. The predicted molar refractivity (Wildman–Crippen MR) is 62.1 cm³/mol. The van der Waals surface area contributed by atoms with Crippen LogP contribution in [0, 0.1) is 15.9 Å². The molecule has 1 rings (SSSR count). The van der Waals surface area contributed by atoms with Crippen molar-refractivity contribution in [3.63, 3.8) is 0 Å². The van der Waals surface area contributed by atoms with E-state index in [9.17, 15) is 14.5 Å². The van der Waals surface area contributed by atoms with Crippen LogP contribution in [0.15, 0.2) is 18.2 Å². The zero-order valence-electron chi connectivity index (χ0n) is 8.85. The fourth-order valence-corrected chi connectivity index (χ4v) is 1.45. The number of rotatable bonds is 4. The number of nitrogens with two attached hydrogens (primary N) is 1. The van der Waals surface area contributed by atoms with E-state index in [0.29, 0.717) is 12.0 Å². The molecule has 2 N–H and O–H groups in total. The van der Waals surface area contributed by atoms with Crippen molar-refractivity contribution in [2.75, 3.05) is 0 Å². The second-order valence-electron chi connectivity index (χ2n) is 3.36. The summed E-state index contributed by atoms with van der Waals surface area (Å²) >= 11 is 0. The highest BCUT2D eigenvalue weighted by Gasteiger charge is 2.19. The van der Waals surface area contributed by atoms with E-state index >= 15 is 0 Å². The molecule has 1 aromatic carbocycles. The molecule has 1 aromatic rings. The number of nitro benzene ring substituents is 1. The summed E-state index contributed by atoms with van der Waals surface area (Å²) in [6.07, 6.45) is 1.47. The summed E-state index contributed by atoms with van der Waals surface area (Å²) in [7, 11) is 0. The van der Waals surface area contributed by atoms with Gasteiger partial charge in [-0.15, -0.1) is 12.4 Å². The molecule has 0 radical (unpaired) electrons. The Bertz CT molecular complexity index is 374. The highest BCUT2D eigenvalue weighted by molar-refractivity contribution is 5.85. The third kappa shape index (κ3) is 3.43. The van der Waals surface area contributed by atoms with Crippen molar-refractivity contribution in [2.24, 2.45) is 5.73 Å². The Morgan fingerprint density at radius 1 is 1.56 bits per heavy atom. The van der Waals surface area contributed by atoms with Gasteiger partial charge >= 0.3 is 0 Å². The Kier molecular flexibility index (Phi) is 5.92. The number of nitrogens with zero attached hydrogens (tertiary/aromatic N) is 1. The van der Waals surface area contributed by atoms with Crippen LogP contribution in [0.2, 0.25) is 0 Å². The molecule has 0 saturated carbocycles. The lowest BCUT2D eigenvalue weighted by atomic mass is 10.0. The van der Waals surface area contributed by atoms with E-state index in [2.05, 4.69) is 0 Å². The minimum atomic E-state index is -0.617. The highest BCUT2D eigenvalue weighted by atomic mass is 35.5. The van der Waals surface area contributed by atoms with Crippen LogP contribution in [0.25, 0.3) is 0 Å². The molecule has 0 aliphatic rings. The van der Waals surface area contributed by atoms with Crippen LogP contribution < -0.4 is 5.73 Å². The van der Waals surface area contributed by atoms with Gasteiger partial charge in [-0.25, -0.2) is 4.39 Å². The van der Waals surface area contributed by atoms with Gasteiger partial charge in [0.15, 0.2) is 0 Å². The quantitative estimate of drug-likeness (QED) is 0.658. The topological polar surface area (TPSA) is 69.2 Å². The molecule has 0 amide bonds. The molecule has 0 fully saturated rings. The Hall–Kier alpha value is -1.20. The molecule has 0 aliphatic heterocycles. The third-order valence-electron chi connectivity index (χ3n) is 2.19. The molecule has 1 atom stereocenters. The van der Waals surface area contributed by atoms with Gasteiger partial charge in [0, 0.05) is 11.6 Å². The van der Waals surface area contributed by atoms with Crippen LogP contribution in [0.3, 0.4) is 0 Å². The number of hydrogen-bond acceptors (Lipinski definition) is 3. The van der Waals surface area contributed by atoms with Crippen molar-refractivity contribution in [3.05, 3.63) is 39.7 Å². The largest absolute Gasteiger partial charge is 0.324 e. The van der Waals surface area contributed by atoms with E-state index in [1.54, 1.807) is 0 Å². The summed E-state index contributed by atoms with van der Waals surface area (Å²) in [5.74, 6) is -0.617. The first kappa shape index (κ1) is 14.8. The van der Waals surface area contributed by atoms with Crippen molar-refractivity contribution < 1.29 is 9.31 Å². The van der Waals surface area contributed by atoms with Crippen molar-refractivity contribution >= 4 is 18.1 Å². The molecule has 16 heavy (non-hydrogen) atoms. The smallest absolute Gasteiger partial charge is 0.277 e. The second kappa shape index (κ2) is 6.40. The SMILES string of the molecule is CCC[C@@H](N)c1ccc(F)cc1[N+](=O)[O-].Cl. The first-order valence-corrected chi connectivity index (χ1v) is 4.75. The molecule has 4 nitrogen and oxygen atoms in total. The maximum atomic E-state index is 12.8. The minimum Gasteiger partial charge on any atom is -0.324 e. The molecule has 0 aliphatic carbocycles. The third-order valence-corrected chi connectivity index (χ3v) is 2.19. The molecule has 6 heteroatoms. The Morgan fingerprint density at radius 3 is 2.69 bits per heavy atom. The lowest BCUT2D eigenvalue weighted by Crippen LogP contribution is -2.12. The molecular formula is C10H14ClFN2O2. The Labute approximate surface area is 99.2 Å². The van der Waals surface area contributed by atoms with E-state index < -0.39 is 16.8 Å². The number of halogens is 2. The summed E-state index contributed by atoms with van der Waals surface area (Å²) in [6, 6.07) is 3.08. The maximum absolute atomic E-state index is 12.8. The van der Waals surface area contributed by atoms with Gasteiger partial charge in [0.1, 0.15) is 5.82 Å². The molecule has 0 unspecified atom stereocenters. The summed E-state index contributed by atoms with van der Waals surface area (Å²) in [4.78, 5) is 10.1. The Morgan fingerprint density at radius 2 is 2.19 bits per heavy atom. The van der Waals surface area contributed by atoms with Gasteiger partial charge in [-0.05, 0) is 18.6 Å². The zero-order valence-corrected chi connectivity index (χ0v) is 9.67. The van der Waals surface area contributed by atoms with Crippen LogP contribution in [-0.4, -0.2) is 4.92 Å². The first-order chi connectivity index (χ1) is 7.06. The average Bonchev–Trinajstić information content (AvgIpc) is 2.17. The lowest BCUT2D eigenvalue weighted by Gasteiger charge is -2.10. The number of hydrogen-bond donors (Lipinski definition) is 1. The molecule has 0 bridgehead atoms. The van der Waals surface area contributed by atoms with Gasteiger partial charge in [-0.1, -0.05) is 13.3 Å². The van der Waals surface area contributed by atoms with Crippen molar-refractivity contribution in [2.45, 2.75) is 25.8 Å². The molecule has 0 saturated heterocycles. The summed E-state index contributed by atoms with van der Waals surface area (Å²) in [5, 5.41) is 10.7. The minimum absolute atomic E-state index is 0. The van der Waals surface area contributed by atoms with Gasteiger partial charge in [-0.2, -0.15) is 0 Å². The van der Waals surface area contributed by atoms with Gasteiger partial charge in [0.2, 0.25) is 0 Å². The normalized spacial score (nSPS) is 11.7. The molecule has 0 heterocycles.